The third-order valence-electron chi connectivity index (χ3n) is 5.45. The van der Waals surface area contributed by atoms with E-state index in [2.05, 4.69) is 4.98 Å². The molecule has 1 aromatic heterocycles. The van der Waals surface area contributed by atoms with Crippen molar-refractivity contribution in [3.05, 3.63) is 76.7 Å². The van der Waals surface area contributed by atoms with Gasteiger partial charge in [0, 0.05) is 44.0 Å². The smallest absolute Gasteiger partial charge is 0.299 e. The van der Waals surface area contributed by atoms with Crippen LogP contribution in [0.4, 0.5) is 5.69 Å². The Morgan fingerprint density at radius 2 is 1.77 bits per heavy atom. The summed E-state index contributed by atoms with van der Waals surface area (Å²) in [6, 6.07) is 14.5. The normalized spacial score (nSPS) is 17.5. The lowest BCUT2D eigenvalue weighted by molar-refractivity contribution is -0.384. The van der Waals surface area contributed by atoms with E-state index in [1.54, 1.807) is 29.2 Å². The number of aromatic nitrogens is 2. The molecular formula is C21H22N5O4P. The summed E-state index contributed by atoms with van der Waals surface area (Å²) >= 11 is 0. The van der Waals surface area contributed by atoms with Crippen LogP contribution >= 0.6 is 7.67 Å². The molecule has 2 fully saturated rings. The Bertz CT molecular complexity index is 1160. The van der Waals surface area contributed by atoms with Gasteiger partial charge in [-0.2, -0.15) is 0 Å². The minimum atomic E-state index is -3.00. The van der Waals surface area contributed by atoms with Crippen LogP contribution in [0.5, 0.6) is 0 Å². The number of rotatable bonds is 8. The zero-order valence-corrected chi connectivity index (χ0v) is 17.9. The molecule has 160 valence electrons. The van der Waals surface area contributed by atoms with E-state index >= 15 is 0 Å². The lowest BCUT2D eigenvalue weighted by atomic mass is 10.1. The second-order valence-electron chi connectivity index (χ2n) is 7.68. The van der Waals surface area contributed by atoms with Gasteiger partial charge in [0.15, 0.2) is 0 Å². The Labute approximate surface area is 179 Å². The fourth-order valence-electron chi connectivity index (χ4n) is 3.54. The molecule has 3 aromatic rings. The van der Waals surface area contributed by atoms with E-state index in [0.29, 0.717) is 5.69 Å². The Morgan fingerprint density at radius 1 is 1.10 bits per heavy atom. The number of benzene rings is 2. The Balaban J connectivity index is 1.47. The standard InChI is InChI=1S/C21H22N5O4P/c1-16(30-31(29,24-9-10-24)25-11-12-25)18-7-8-20(26(27)28)21(13-18)23-14-19(22-15-23)17-5-3-2-4-6-17/h2-8,13-16H,9-12H2,1H3. The van der Waals surface area contributed by atoms with Crippen LogP contribution < -0.4 is 0 Å². The zero-order chi connectivity index (χ0) is 21.6. The molecule has 2 saturated heterocycles. The molecule has 0 N–H and O–H groups in total. The summed E-state index contributed by atoms with van der Waals surface area (Å²) in [6.07, 6.45) is 2.85. The number of nitro benzene ring substituents is 1. The first-order valence-corrected chi connectivity index (χ1v) is 11.7. The van der Waals surface area contributed by atoms with Crippen molar-refractivity contribution < 1.29 is 14.0 Å². The molecule has 9 nitrogen and oxygen atoms in total. The van der Waals surface area contributed by atoms with Crippen LogP contribution in [0.1, 0.15) is 18.6 Å². The van der Waals surface area contributed by atoms with Gasteiger partial charge in [-0.3, -0.25) is 23.8 Å². The second kappa shape index (κ2) is 7.69. The van der Waals surface area contributed by atoms with E-state index in [1.807, 2.05) is 46.6 Å². The van der Waals surface area contributed by atoms with E-state index in [9.17, 15) is 14.7 Å². The molecule has 31 heavy (non-hydrogen) atoms. The molecule has 0 amide bonds. The second-order valence-corrected chi connectivity index (χ2v) is 10.0. The third-order valence-corrected chi connectivity index (χ3v) is 8.27. The molecule has 3 heterocycles. The number of imidazole rings is 1. The Hall–Kier alpha value is -2.84. The first-order chi connectivity index (χ1) is 15.0. The first-order valence-electron chi connectivity index (χ1n) is 10.1. The van der Waals surface area contributed by atoms with Gasteiger partial charge in [0.05, 0.1) is 16.7 Å². The number of hydrogen-bond donors (Lipinski definition) is 0. The van der Waals surface area contributed by atoms with Crippen LogP contribution in [0.2, 0.25) is 0 Å². The zero-order valence-electron chi connectivity index (χ0n) is 17.0. The van der Waals surface area contributed by atoms with Gasteiger partial charge in [0.25, 0.3) is 5.69 Å². The third kappa shape index (κ3) is 3.93. The molecule has 0 radical (unpaired) electrons. The average Bonchev–Trinajstić information content (AvgIpc) is 3.70. The van der Waals surface area contributed by atoms with Crippen molar-refractivity contribution in [2.45, 2.75) is 13.0 Å². The van der Waals surface area contributed by atoms with Crippen LogP contribution in [-0.2, 0) is 9.09 Å². The van der Waals surface area contributed by atoms with E-state index in [0.717, 1.165) is 43.0 Å². The van der Waals surface area contributed by atoms with Gasteiger partial charge in [0.1, 0.15) is 12.0 Å². The predicted molar refractivity (Wildman–Crippen MR) is 116 cm³/mol. The van der Waals surface area contributed by atoms with E-state index < -0.39 is 18.7 Å². The summed E-state index contributed by atoms with van der Waals surface area (Å²) in [4.78, 5) is 15.7. The van der Waals surface area contributed by atoms with E-state index in [1.165, 1.54) is 6.07 Å². The summed E-state index contributed by atoms with van der Waals surface area (Å²) < 4.78 is 24.7. The molecule has 2 aliphatic rings. The average molecular weight is 439 g/mol. The van der Waals surface area contributed by atoms with Crippen molar-refractivity contribution >= 4 is 13.4 Å². The molecule has 5 rings (SSSR count). The molecule has 0 saturated carbocycles. The molecule has 10 heteroatoms. The quantitative estimate of drug-likeness (QED) is 0.224. The molecule has 2 aromatic carbocycles. The SMILES string of the molecule is CC(OP(=O)(N1CC1)N1CC1)c1ccc([N+](=O)[O-])c(-n2cnc(-c3ccccc3)c2)c1. The molecule has 1 atom stereocenters. The van der Waals surface area contributed by atoms with Gasteiger partial charge in [-0.1, -0.05) is 30.3 Å². The summed E-state index contributed by atoms with van der Waals surface area (Å²) in [5.74, 6) is 0. The Kier molecular flexibility index (Phi) is 4.98. The van der Waals surface area contributed by atoms with Crippen molar-refractivity contribution in [2.24, 2.45) is 0 Å². The predicted octanol–water partition coefficient (Wildman–Crippen LogP) is 4.26. The maximum Gasteiger partial charge on any atom is 0.346 e. The maximum atomic E-state index is 13.3. The monoisotopic (exact) mass is 439 g/mol. The van der Waals surface area contributed by atoms with Crippen LogP contribution in [0.3, 0.4) is 0 Å². The number of nitro groups is 1. The molecule has 0 bridgehead atoms. The molecular weight excluding hydrogens is 417 g/mol. The number of hydrogen-bond acceptors (Lipinski definition) is 5. The molecule has 2 aliphatic heterocycles. The van der Waals surface area contributed by atoms with Gasteiger partial charge in [-0.15, -0.1) is 0 Å². The Morgan fingerprint density at radius 3 is 2.39 bits per heavy atom. The fraction of sp³-hybridized carbons (Fsp3) is 0.286. The van der Waals surface area contributed by atoms with E-state index in [4.69, 9.17) is 4.52 Å². The molecule has 0 spiro atoms. The maximum absolute atomic E-state index is 13.3. The summed E-state index contributed by atoms with van der Waals surface area (Å²) in [7, 11) is -3.00. The minimum Gasteiger partial charge on any atom is -0.299 e. The van der Waals surface area contributed by atoms with Crippen LogP contribution in [0, 0.1) is 10.1 Å². The highest BCUT2D eigenvalue weighted by Crippen LogP contribution is 2.63. The van der Waals surface area contributed by atoms with Gasteiger partial charge < -0.3 is 0 Å². The highest BCUT2D eigenvalue weighted by molar-refractivity contribution is 7.54. The van der Waals surface area contributed by atoms with Crippen molar-refractivity contribution in [3.63, 3.8) is 0 Å². The van der Waals surface area contributed by atoms with Gasteiger partial charge in [0.2, 0.25) is 0 Å². The molecule has 1 unspecified atom stereocenters. The number of nitrogens with zero attached hydrogens (tertiary/aromatic N) is 5. The van der Waals surface area contributed by atoms with Gasteiger partial charge in [-0.25, -0.2) is 14.3 Å². The fourth-order valence-corrected chi connectivity index (χ4v) is 5.89. The summed E-state index contributed by atoms with van der Waals surface area (Å²) in [5.41, 5.74) is 2.72. The highest BCUT2D eigenvalue weighted by atomic mass is 31.2. The summed E-state index contributed by atoms with van der Waals surface area (Å²) in [5, 5.41) is 11.7. The lowest BCUT2D eigenvalue weighted by Gasteiger charge is -2.24. The van der Waals surface area contributed by atoms with Crippen molar-refractivity contribution in [1.29, 1.82) is 0 Å². The molecule has 0 aliphatic carbocycles. The van der Waals surface area contributed by atoms with Crippen LogP contribution in [0.25, 0.3) is 16.9 Å². The first kappa shape index (κ1) is 20.1. The minimum absolute atomic E-state index is 0.0342. The van der Waals surface area contributed by atoms with Crippen molar-refractivity contribution in [3.8, 4) is 16.9 Å². The van der Waals surface area contributed by atoms with Crippen molar-refractivity contribution in [2.75, 3.05) is 26.2 Å². The van der Waals surface area contributed by atoms with Gasteiger partial charge in [-0.05, 0) is 24.6 Å². The largest absolute Gasteiger partial charge is 0.346 e. The topological polar surface area (TPSA) is 93.3 Å². The van der Waals surface area contributed by atoms with Crippen LogP contribution in [-0.4, -0.2) is 50.0 Å². The lowest BCUT2D eigenvalue weighted by Crippen LogP contribution is -2.11. The highest BCUT2D eigenvalue weighted by Gasteiger charge is 2.50. The van der Waals surface area contributed by atoms with E-state index in [-0.39, 0.29) is 5.69 Å². The van der Waals surface area contributed by atoms with Crippen LogP contribution in [0.15, 0.2) is 61.1 Å². The van der Waals surface area contributed by atoms with Gasteiger partial charge >= 0.3 is 7.67 Å². The summed E-state index contributed by atoms with van der Waals surface area (Å²) in [6.45, 7) is 4.90. The van der Waals surface area contributed by atoms with Crippen molar-refractivity contribution in [1.82, 2.24) is 18.9 Å².